The molecule has 0 radical (unpaired) electrons. The number of azide groups is 1. The van der Waals surface area contributed by atoms with Gasteiger partial charge in [-0.3, -0.25) is 9.20 Å². The Bertz CT molecular complexity index is 876. The summed E-state index contributed by atoms with van der Waals surface area (Å²) >= 11 is 0. The quantitative estimate of drug-likeness (QED) is 0.438. The fourth-order valence-corrected chi connectivity index (χ4v) is 1.95. The Balaban J connectivity index is 2.34. The van der Waals surface area contributed by atoms with Gasteiger partial charge in [0.25, 0.3) is 0 Å². The molecule has 0 atom stereocenters. The van der Waals surface area contributed by atoms with E-state index in [4.69, 9.17) is 5.53 Å². The zero-order valence-electron chi connectivity index (χ0n) is 10.5. The molecule has 0 saturated heterocycles. The number of hydrogen-bond acceptors (Lipinski definition) is 4. The molecule has 0 spiro atoms. The molecule has 8 nitrogen and oxygen atoms in total. The van der Waals surface area contributed by atoms with E-state index in [1.54, 1.807) is 10.5 Å². The standard InChI is InChI=1S/C12H9N7O/c1-7(20)14-11-8(17-18-13)6-9-12(16-11)19-5-3-2-4-10(19)15-9/h2-6H,1H3,(H,14,16,20). The molecule has 1 N–H and O–H groups in total. The van der Waals surface area contributed by atoms with Gasteiger partial charge in [0.15, 0.2) is 5.65 Å². The number of imidazole rings is 1. The van der Waals surface area contributed by atoms with Crippen molar-refractivity contribution in [3.05, 3.63) is 40.9 Å². The van der Waals surface area contributed by atoms with Crippen LogP contribution >= 0.6 is 0 Å². The molecular formula is C12H9N7O. The summed E-state index contributed by atoms with van der Waals surface area (Å²) in [4.78, 5) is 22.6. The van der Waals surface area contributed by atoms with Crippen LogP contribution in [0.1, 0.15) is 6.92 Å². The maximum atomic E-state index is 11.2. The smallest absolute Gasteiger partial charge is 0.222 e. The lowest BCUT2D eigenvalue weighted by molar-refractivity contribution is -0.114. The number of anilines is 1. The zero-order chi connectivity index (χ0) is 14.1. The molecule has 0 aliphatic heterocycles. The Labute approximate surface area is 112 Å². The third-order valence-electron chi connectivity index (χ3n) is 2.71. The van der Waals surface area contributed by atoms with Crippen LogP contribution in [0, 0.1) is 0 Å². The van der Waals surface area contributed by atoms with E-state index < -0.39 is 0 Å². The predicted molar refractivity (Wildman–Crippen MR) is 73.6 cm³/mol. The summed E-state index contributed by atoms with van der Waals surface area (Å²) in [5, 5.41) is 6.08. The topological polar surface area (TPSA) is 108 Å². The highest BCUT2D eigenvalue weighted by molar-refractivity contribution is 5.93. The van der Waals surface area contributed by atoms with Gasteiger partial charge in [0.2, 0.25) is 5.91 Å². The van der Waals surface area contributed by atoms with Gasteiger partial charge in [0.1, 0.15) is 17.0 Å². The minimum Gasteiger partial charge on any atom is -0.310 e. The molecule has 8 heteroatoms. The Morgan fingerprint density at radius 1 is 1.45 bits per heavy atom. The van der Waals surface area contributed by atoms with E-state index in [1.807, 2.05) is 24.4 Å². The monoisotopic (exact) mass is 267 g/mol. The SMILES string of the molecule is CC(=O)Nc1nc2c(cc1N=[N+]=[N-])nc1ccccn12. The Morgan fingerprint density at radius 2 is 2.30 bits per heavy atom. The van der Waals surface area contributed by atoms with Crippen molar-refractivity contribution in [1.29, 1.82) is 0 Å². The van der Waals surface area contributed by atoms with E-state index in [-0.39, 0.29) is 17.4 Å². The minimum atomic E-state index is -0.292. The van der Waals surface area contributed by atoms with Gasteiger partial charge in [-0.1, -0.05) is 11.2 Å². The van der Waals surface area contributed by atoms with Crippen LogP contribution in [0.4, 0.5) is 11.5 Å². The third kappa shape index (κ3) is 1.90. The van der Waals surface area contributed by atoms with Crippen LogP contribution in [0.5, 0.6) is 0 Å². The number of carbonyl (C=O) groups is 1. The van der Waals surface area contributed by atoms with E-state index >= 15 is 0 Å². The molecule has 3 aromatic heterocycles. The minimum absolute atomic E-state index is 0.216. The molecule has 3 rings (SSSR count). The molecule has 3 heterocycles. The summed E-state index contributed by atoms with van der Waals surface area (Å²) in [6.07, 6.45) is 1.82. The van der Waals surface area contributed by atoms with E-state index in [0.29, 0.717) is 11.2 Å². The second kappa shape index (κ2) is 4.52. The summed E-state index contributed by atoms with van der Waals surface area (Å²) in [6.45, 7) is 1.36. The van der Waals surface area contributed by atoms with Crippen molar-refractivity contribution in [2.24, 2.45) is 5.11 Å². The van der Waals surface area contributed by atoms with E-state index in [2.05, 4.69) is 25.3 Å². The molecule has 0 aliphatic carbocycles. The number of nitrogens with one attached hydrogen (secondary N) is 1. The van der Waals surface area contributed by atoms with Gasteiger partial charge >= 0.3 is 0 Å². The normalized spacial score (nSPS) is 10.4. The van der Waals surface area contributed by atoms with Gasteiger partial charge in [-0.25, -0.2) is 9.97 Å². The second-order valence-electron chi connectivity index (χ2n) is 4.11. The van der Waals surface area contributed by atoms with Crippen LogP contribution < -0.4 is 5.32 Å². The highest BCUT2D eigenvalue weighted by Crippen LogP contribution is 2.28. The highest BCUT2D eigenvalue weighted by Gasteiger charge is 2.11. The molecule has 1 amide bonds. The molecule has 0 aromatic carbocycles. The van der Waals surface area contributed by atoms with Crippen molar-refractivity contribution in [3.63, 3.8) is 0 Å². The Morgan fingerprint density at radius 3 is 3.05 bits per heavy atom. The molecule has 0 aliphatic rings. The van der Waals surface area contributed by atoms with Crippen LogP contribution in [0.2, 0.25) is 0 Å². The lowest BCUT2D eigenvalue weighted by Gasteiger charge is -2.04. The van der Waals surface area contributed by atoms with Gasteiger partial charge < -0.3 is 5.32 Å². The predicted octanol–water partition coefficient (Wildman–Crippen LogP) is 2.78. The molecule has 98 valence electrons. The second-order valence-corrected chi connectivity index (χ2v) is 4.11. The van der Waals surface area contributed by atoms with Crippen LogP contribution in [0.15, 0.2) is 35.6 Å². The molecular weight excluding hydrogens is 258 g/mol. The maximum Gasteiger partial charge on any atom is 0.222 e. The van der Waals surface area contributed by atoms with E-state index in [9.17, 15) is 4.79 Å². The fourth-order valence-electron chi connectivity index (χ4n) is 1.95. The van der Waals surface area contributed by atoms with Crippen molar-refractivity contribution in [2.45, 2.75) is 6.92 Å². The average Bonchev–Trinajstić information content (AvgIpc) is 2.76. The molecule has 0 unspecified atom stereocenters. The number of nitrogens with zero attached hydrogens (tertiary/aromatic N) is 6. The van der Waals surface area contributed by atoms with Gasteiger partial charge in [0, 0.05) is 18.0 Å². The molecule has 0 bridgehead atoms. The number of pyridine rings is 2. The number of amides is 1. The first kappa shape index (κ1) is 11.9. The fraction of sp³-hybridized carbons (Fsp3) is 0.0833. The average molecular weight is 267 g/mol. The maximum absolute atomic E-state index is 11.2. The van der Waals surface area contributed by atoms with Crippen molar-refractivity contribution in [2.75, 3.05) is 5.32 Å². The first-order chi connectivity index (χ1) is 9.69. The van der Waals surface area contributed by atoms with Crippen molar-refractivity contribution in [3.8, 4) is 0 Å². The Hall–Kier alpha value is -3.12. The van der Waals surface area contributed by atoms with Gasteiger partial charge in [0.05, 0.1) is 5.69 Å². The number of fused-ring (bicyclic) bond motifs is 3. The number of aromatic nitrogens is 3. The largest absolute Gasteiger partial charge is 0.310 e. The summed E-state index contributed by atoms with van der Waals surface area (Å²) < 4.78 is 1.79. The molecule has 0 saturated carbocycles. The van der Waals surface area contributed by atoms with Crippen molar-refractivity contribution >= 4 is 34.2 Å². The van der Waals surface area contributed by atoms with Crippen LogP contribution in [-0.2, 0) is 4.79 Å². The van der Waals surface area contributed by atoms with Crippen molar-refractivity contribution < 1.29 is 4.79 Å². The molecule has 20 heavy (non-hydrogen) atoms. The van der Waals surface area contributed by atoms with Crippen molar-refractivity contribution in [1.82, 2.24) is 14.4 Å². The van der Waals surface area contributed by atoms with Crippen LogP contribution in [0.25, 0.3) is 27.3 Å². The highest BCUT2D eigenvalue weighted by atomic mass is 16.1. The Kier molecular flexibility index (Phi) is 2.70. The summed E-state index contributed by atoms with van der Waals surface area (Å²) in [7, 11) is 0. The van der Waals surface area contributed by atoms with Gasteiger partial charge in [-0.2, -0.15) is 0 Å². The van der Waals surface area contributed by atoms with Crippen LogP contribution in [-0.4, -0.2) is 20.3 Å². The molecule has 3 aromatic rings. The molecule has 0 fully saturated rings. The lowest BCUT2D eigenvalue weighted by atomic mass is 10.3. The third-order valence-corrected chi connectivity index (χ3v) is 2.71. The van der Waals surface area contributed by atoms with E-state index in [0.717, 1.165) is 5.65 Å². The number of hydrogen-bond donors (Lipinski definition) is 1. The van der Waals surface area contributed by atoms with Crippen LogP contribution in [0.3, 0.4) is 0 Å². The number of carbonyl (C=O) groups excluding carboxylic acids is 1. The zero-order valence-corrected chi connectivity index (χ0v) is 10.5. The summed E-state index contributed by atoms with van der Waals surface area (Å²) in [5.41, 5.74) is 10.7. The first-order valence-electron chi connectivity index (χ1n) is 5.79. The number of rotatable bonds is 2. The first-order valence-corrected chi connectivity index (χ1v) is 5.79. The van der Waals surface area contributed by atoms with Gasteiger partial charge in [-0.05, 0) is 23.7 Å². The summed E-state index contributed by atoms with van der Waals surface area (Å²) in [5.74, 6) is -0.0755. The van der Waals surface area contributed by atoms with E-state index in [1.165, 1.54) is 6.92 Å². The van der Waals surface area contributed by atoms with Gasteiger partial charge in [-0.15, -0.1) is 0 Å². The lowest BCUT2D eigenvalue weighted by Crippen LogP contribution is -2.07. The summed E-state index contributed by atoms with van der Waals surface area (Å²) in [6, 6.07) is 7.16.